The molecule has 2 rings (SSSR count). The molecule has 0 aliphatic carbocycles. The smallest absolute Gasteiger partial charge is 0.371 e. The summed E-state index contributed by atoms with van der Waals surface area (Å²) in [6, 6.07) is 11.4. The average molecular weight is 289 g/mol. The molecule has 0 spiro atoms. The second-order valence-electron chi connectivity index (χ2n) is 4.32. The summed E-state index contributed by atoms with van der Waals surface area (Å²) < 4.78 is 9.90. The Bertz CT molecular complexity index is 620. The summed E-state index contributed by atoms with van der Waals surface area (Å²) in [5.41, 5.74) is 0.759. The number of aromatic carboxylic acids is 1. The lowest BCUT2D eigenvalue weighted by atomic mass is 10.1. The molecular weight excluding hydrogens is 274 g/mol. The lowest BCUT2D eigenvalue weighted by Gasteiger charge is -2.16. The summed E-state index contributed by atoms with van der Waals surface area (Å²) in [6.45, 7) is 0.210. The first-order chi connectivity index (χ1) is 10.1. The number of carbonyl (C=O) groups excluding carboxylic acids is 1. The van der Waals surface area contributed by atoms with Gasteiger partial charge in [-0.05, 0) is 17.7 Å². The van der Waals surface area contributed by atoms with E-state index in [1.54, 1.807) is 18.2 Å². The first-order valence-corrected chi connectivity index (χ1v) is 6.30. The van der Waals surface area contributed by atoms with Crippen molar-refractivity contribution in [1.29, 1.82) is 0 Å². The first-order valence-electron chi connectivity index (χ1n) is 6.30. The number of benzene rings is 1. The summed E-state index contributed by atoms with van der Waals surface area (Å²) in [5.74, 6) is -1.27. The summed E-state index contributed by atoms with van der Waals surface area (Å²) >= 11 is 0. The zero-order chi connectivity index (χ0) is 15.2. The number of carboxylic acids is 1. The van der Waals surface area contributed by atoms with Crippen LogP contribution in [0.15, 0.2) is 46.9 Å². The summed E-state index contributed by atoms with van der Waals surface area (Å²) in [4.78, 5) is 22.6. The van der Waals surface area contributed by atoms with Gasteiger partial charge in [-0.25, -0.2) is 9.59 Å². The van der Waals surface area contributed by atoms with Gasteiger partial charge in [-0.2, -0.15) is 0 Å². The molecule has 0 bridgehead atoms. The average Bonchev–Trinajstić information content (AvgIpc) is 2.97. The number of hydrogen-bond acceptors (Lipinski definition) is 5. The molecule has 1 atom stereocenters. The van der Waals surface area contributed by atoms with Crippen molar-refractivity contribution in [3.63, 3.8) is 0 Å². The summed E-state index contributed by atoms with van der Waals surface area (Å²) in [5, 5.41) is 11.8. The van der Waals surface area contributed by atoms with Gasteiger partial charge in [-0.1, -0.05) is 30.3 Å². The molecule has 0 aliphatic rings. The highest BCUT2D eigenvalue weighted by Crippen LogP contribution is 2.16. The van der Waals surface area contributed by atoms with Crippen LogP contribution in [0.25, 0.3) is 0 Å². The third-order valence-corrected chi connectivity index (χ3v) is 2.92. The number of carboxylic acid groups (broad SMARTS) is 1. The molecule has 0 aliphatic heterocycles. The van der Waals surface area contributed by atoms with Gasteiger partial charge in [0.05, 0.1) is 13.7 Å². The molecule has 21 heavy (non-hydrogen) atoms. The maximum Gasteiger partial charge on any atom is 0.371 e. The minimum Gasteiger partial charge on any atom is -0.475 e. The Morgan fingerprint density at radius 3 is 2.52 bits per heavy atom. The number of nitrogens with one attached hydrogen (secondary N) is 1. The van der Waals surface area contributed by atoms with Crippen LogP contribution < -0.4 is 5.32 Å². The number of rotatable bonds is 6. The molecule has 1 unspecified atom stereocenters. The Balaban J connectivity index is 2.09. The highest BCUT2D eigenvalue weighted by atomic mass is 16.5. The van der Waals surface area contributed by atoms with Gasteiger partial charge >= 0.3 is 11.9 Å². The molecule has 0 amide bonds. The van der Waals surface area contributed by atoms with Crippen molar-refractivity contribution in [3.05, 3.63) is 59.5 Å². The SMILES string of the molecule is COC(=O)C(NCc1ccc(C(=O)O)o1)c1ccccc1. The molecular formula is C15H15NO5. The lowest BCUT2D eigenvalue weighted by Crippen LogP contribution is -2.29. The molecule has 0 radical (unpaired) electrons. The Labute approximate surface area is 121 Å². The van der Waals surface area contributed by atoms with E-state index in [1.165, 1.54) is 13.2 Å². The van der Waals surface area contributed by atoms with E-state index in [-0.39, 0.29) is 12.3 Å². The number of furan rings is 1. The second kappa shape index (κ2) is 6.71. The van der Waals surface area contributed by atoms with E-state index in [0.717, 1.165) is 5.56 Å². The van der Waals surface area contributed by atoms with Crippen LogP contribution in [0.4, 0.5) is 0 Å². The fourth-order valence-corrected chi connectivity index (χ4v) is 1.89. The van der Waals surface area contributed by atoms with Gasteiger partial charge in [0, 0.05) is 0 Å². The van der Waals surface area contributed by atoms with Gasteiger partial charge in [-0.3, -0.25) is 5.32 Å². The number of esters is 1. The second-order valence-corrected chi connectivity index (χ2v) is 4.32. The molecule has 2 N–H and O–H groups in total. The highest BCUT2D eigenvalue weighted by Gasteiger charge is 2.21. The third-order valence-electron chi connectivity index (χ3n) is 2.92. The van der Waals surface area contributed by atoms with E-state index in [9.17, 15) is 9.59 Å². The van der Waals surface area contributed by atoms with Crippen molar-refractivity contribution in [1.82, 2.24) is 5.32 Å². The van der Waals surface area contributed by atoms with Crippen molar-refractivity contribution in [2.45, 2.75) is 12.6 Å². The molecule has 6 heteroatoms. The van der Waals surface area contributed by atoms with Crippen molar-refractivity contribution in [3.8, 4) is 0 Å². The normalized spacial score (nSPS) is 11.9. The molecule has 1 aromatic heterocycles. The topological polar surface area (TPSA) is 88.8 Å². The van der Waals surface area contributed by atoms with Gasteiger partial charge in [-0.15, -0.1) is 0 Å². The molecule has 1 heterocycles. The van der Waals surface area contributed by atoms with Gasteiger partial charge in [0.1, 0.15) is 11.8 Å². The van der Waals surface area contributed by atoms with Gasteiger partial charge < -0.3 is 14.3 Å². The Kier molecular flexibility index (Phi) is 4.73. The molecule has 0 fully saturated rings. The highest BCUT2D eigenvalue weighted by molar-refractivity contribution is 5.84. The van der Waals surface area contributed by atoms with Crippen LogP contribution in [0.2, 0.25) is 0 Å². The lowest BCUT2D eigenvalue weighted by molar-refractivity contribution is -0.143. The van der Waals surface area contributed by atoms with Crippen LogP contribution in [-0.2, 0) is 16.1 Å². The number of ether oxygens (including phenoxy) is 1. The molecule has 6 nitrogen and oxygen atoms in total. The van der Waals surface area contributed by atoms with E-state index in [0.29, 0.717) is 5.76 Å². The Morgan fingerprint density at radius 2 is 1.95 bits per heavy atom. The largest absolute Gasteiger partial charge is 0.475 e. The predicted molar refractivity (Wildman–Crippen MR) is 73.7 cm³/mol. The fourth-order valence-electron chi connectivity index (χ4n) is 1.89. The van der Waals surface area contributed by atoms with Crippen molar-refractivity contribution in [2.24, 2.45) is 0 Å². The Hall–Kier alpha value is -2.60. The van der Waals surface area contributed by atoms with E-state index < -0.39 is 18.0 Å². The van der Waals surface area contributed by atoms with E-state index in [4.69, 9.17) is 14.3 Å². The van der Waals surface area contributed by atoms with E-state index in [2.05, 4.69) is 5.32 Å². The summed E-state index contributed by atoms with van der Waals surface area (Å²) in [6.07, 6.45) is 0. The molecule has 0 saturated heterocycles. The Morgan fingerprint density at radius 1 is 1.24 bits per heavy atom. The van der Waals surface area contributed by atoms with Crippen molar-refractivity contribution < 1.29 is 23.8 Å². The van der Waals surface area contributed by atoms with Crippen molar-refractivity contribution >= 4 is 11.9 Å². The predicted octanol–water partition coefficient (Wildman–Crippen LogP) is 1.98. The number of carbonyl (C=O) groups is 2. The van der Waals surface area contributed by atoms with Crippen molar-refractivity contribution in [2.75, 3.05) is 7.11 Å². The minimum absolute atomic E-state index is 0.138. The zero-order valence-corrected chi connectivity index (χ0v) is 11.4. The molecule has 0 saturated carbocycles. The first kappa shape index (κ1) is 14.8. The van der Waals surface area contributed by atoms with Gasteiger partial charge in [0.15, 0.2) is 0 Å². The minimum atomic E-state index is -1.13. The molecule has 1 aromatic carbocycles. The zero-order valence-electron chi connectivity index (χ0n) is 11.4. The van der Waals surface area contributed by atoms with Crippen LogP contribution in [-0.4, -0.2) is 24.2 Å². The molecule has 110 valence electrons. The van der Waals surface area contributed by atoms with E-state index in [1.807, 2.05) is 18.2 Å². The van der Waals surface area contributed by atoms with Crippen LogP contribution in [0.3, 0.4) is 0 Å². The fraction of sp³-hybridized carbons (Fsp3) is 0.200. The maximum atomic E-state index is 11.8. The molecule has 2 aromatic rings. The monoisotopic (exact) mass is 289 g/mol. The van der Waals surface area contributed by atoms with Crippen LogP contribution in [0, 0.1) is 0 Å². The quantitative estimate of drug-likeness (QED) is 0.790. The van der Waals surface area contributed by atoms with Crippen LogP contribution in [0.1, 0.15) is 27.9 Å². The van der Waals surface area contributed by atoms with Crippen LogP contribution in [0.5, 0.6) is 0 Å². The van der Waals surface area contributed by atoms with E-state index >= 15 is 0 Å². The van der Waals surface area contributed by atoms with Crippen LogP contribution >= 0.6 is 0 Å². The maximum absolute atomic E-state index is 11.8. The third kappa shape index (κ3) is 3.70. The number of methoxy groups -OCH3 is 1. The number of hydrogen-bond donors (Lipinski definition) is 2. The summed E-state index contributed by atoms with van der Waals surface area (Å²) in [7, 11) is 1.31. The van der Waals surface area contributed by atoms with Gasteiger partial charge in [0.25, 0.3) is 0 Å². The van der Waals surface area contributed by atoms with Gasteiger partial charge in [0.2, 0.25) is 5.76 Å². The standard InChI is InChI=1S/C15H15NO5/c1-20-15(19)13(10-5-3-2-4-6-10)16-9-11-7-8-12(21-11)14(17)18/h2-8,13,16H,9H2,1H3,(H,17,18).